The first-order valence-electron chi connectivity index (χ1n) is 7.94. The highest BCUT2D eigenvalue weighted by Gasteiger charge is 2.19. The largest absolute Gasteiger partial charge is 0.491 e. The van der Waals surface area contributed by atoms with Crippen LogP contribution in [-0.2, 0) is 11.3 Å². The fourth-order valence-electron chi connectivity index (χ4n) is 2.83. The van der Waals surface area contributed by atoms with Crippen molar-refractivity contribution in [3.8, 4) is 5.75 Å². The van der Waals surface area contributed by atoms with Gasteiger partial charge in [0.05, 0.1) is 6.61 Å². The molecule has 1 atom stereocenters. The number of ether oxygens (including phenoxy) is 2. The molecule has 0 saturated carbocycles. The molecule has 0 radical (unpaired) electrons. The molecule has 1 aliphatic heterocycles. The summed E-state index contributed by atoms with van der Waals surface area (Å²) in [5.41, 5.74) is 1.24. The average Bonchev–Trinajstić information content (AvgIpc) is 2.89. The molecule has 118 valence electrons. The first-order valence-corrected chi connectivity index (χ1v) is 7.94. The molecule has 0 aromatic heterocycles. The molecule has 1 saturated heterocycles. The molecule has 0 spiro atoms. The van der Waals surface area contributed by atoms with Gasteiger partial charge in [0.15, 0.2) is 0 Å². The summed E-state index contributed by atoms with van der Waals surface area (Å²) in [6, 6.07) is 8.90. The van der Waals surface area contributed by atoms with E-state index in [1.165, 1.54) is 24.9 Å². The topological polar surface area (TPSA) is 33.7 Å². The summed E-state index contributed by atoms with van der Waals surface area (Å²) in [5, 5.41) is 3.14. The molecule has 1 aromatic carbocycles. The molecule has 2 rings (SSSR count). The molecule has 21 heavy (non-hydrogen) atoms. The first-order chi connectivity index (χ1) is 10.3. The number of nitrogens with zero attached hydrogens (tertiary/aromatic N) is 1. The Morgan fingerprint density at radius 1 is 1.29 bits per heavy atom. The van der Waals surface area contributed by atoms with Crippen LogP contribution in [0.3, 0.4) is 0 Å². The second-order valence-corrected chi connectivity index (χ2v) is 5.70. The van der Waals surface area contributed by atoms with Gasteiger partial charge in [-0.2, -0.15) is 0 Å². The summed E-state index contributed by atoms with van der Waals surface area (Å²) in [5.74, 6) is 0.918. The van der Waals surface area contributed by atoms with E-state index in [1.807, 2.05) is 19.2 Å². The zero-order valence-corrected chi connectivity index (χ0v) is 13.3. The van der Waals surface area contributed by atoms with Crippen LogP contribution in [0, 0.1) is 0 Å². The van der Waals surface area contributed by atoms with Crippen molar-refractivity contribution in [2.75, 3.05) is 40.5 Å². The van der Waals surface area contributed by atoms with Gasteiger partial charge in [-0.05, 0) is 57.6 Å². The maximum atomic E-state index is 5.72. The smallest absolute Gasteiger partial charge is 0.119 e. The fourth-order valence-corrected chi connectivity index (χ4v) is 2.83. The fraction of sp³-hybridized carbons (Fsp3) is 0.647. The van der Waals surface area contributed by atoms with Gasteiger partial charge >= 0.3 is 0 Å². The molecule has 4 heteroatoms. The van der Waals surface area contributed by atoms with Crippen LogP contribution in [0.15, 0.2) is 24.3 Å². The van der Waals surface area contributed by atoms with Gasteiger partial charge in [0.1, 0.15) is 12.4 Å². The van der Waals surface area contributed by atoms with E-state index in [-0.39, 0.29) is 0 Å². The van der Waals surface area contributed by atoms with Gasteiger partial charge < -0.3 is 19.7 Å². The molecule has 0 amide bonds. The Balaban J connectivity index is 1.56. The summed E-state index contributed by atoms with van der Waals surface area (Å²) in [7, 11) is 4.15. The standard InChI is InChI=1S/C17H28N2O2/c1-18-14-15-5-3-7-17(13-15)21-12-11-20-10-8-16-6-4-9-19(16)2/h3,5,7,13,16,18H,4,6,8-12,14H2,1-2H3. The number of rotatable bonds is 9. The van der Waals surface area contributed by atoms with E-state index in [9.17, 15) is 0 Å². The predicted octanol–water partition coefficient (Wildman–Crippen LogP) is 2.29. The molecule has 1 aliphatic rings. The van der Waals surface area contributed by atoms with Crippen LogP contribution in [-0.4, -0.2) is 51.4 Å². The van der Waals surface area contributed by atoms with Crippen molar-refractivity contribution >= 4 is 0 Å². The molecule has 1 unspecified atom stereocenters. The highest BCUT2D eigenvalue weighted by molar-refractivity contribution is 5.28. The quantitative estimate of drug-likeness (QED) is 0.708. The SMILES string of the molecule is CNCc1cccc(OCCOCCC2CCCN2C)c1. The lowest BCUT2D eigenvalue weighted by molar-refractivity contribution is 0.0862. The lowest BCUT2D eigenvalue weighted by atomic mass is 10.1. The van der Waals surface area contributed by atoms with E-state index in [0.29, 0.717) is 19.3 Å². The zero-order chi connectivity index (χ0) is 14.9. The number of likely N-dealkylation sites (tertiary alicyclic amines) is 1. The molecular formula is C17H28N2O2. The maximum Gasteiger partial charge on any atom is 0.119 e. The number of hydrogen-bond acceptors (Lipinski definition) is 4. The Kier molecular flexibility index (Phi) is 7.00. The molecule has 0 bridgehead atoms. The van der Waals surface area contributed by atoms with Gasteiger partial charge in [-0.15, -0.1) is 0 Å². The molecule has 1 heterocycles. The van der Waals surface area contributed by atoms with Crippen molar-refractivity contribution < 1.29 is 9.47 Å². The third kappa shape index (κ3) is 5.65. The minimum atomic E-state index is 0.615. The van der Waals surface area contributed by atoms with Crippen LogP contribution in [0.25, 0.3) is 0 Å². The third-order valence-electron chi connectivity index (χ3n) is 4.04. The van der Waals surface area contributed by atoms with Crippen molar-refractivity contribution in [3.05, 3.63) is 29.8 Å². The summed E-state index contributed by atoms with van der Waals surface area (Å²) in [6.45, 7) is 4.20. The highest BCUT2D eigenvalue weighted by atomic mass is 16.5. The third-order valence-corrected chi connectivity index (χ3v) is 4.04. The Morgan fingerprint density at radius 2 is 2.19 bits per heavy atom. The van der Waals surface area contributed by atoms with Gasteiger partial charge in [0, 0.05) is 19.2 Å². The molecule has 4 nitrogen and oxygen atoms in total. The van der Waals surface area contributed by atoms with Crippen molar-refractivity contribution in [1.29, 1.82) is 0 Å². The monoisotopic (exact) mass is 292 g/mol. The van der Waals surface area contributed by atoms with E-state index in [2.05, 4.69) is 29.4 Å². The van der Waals surface area contributed by atoms with E-state index in [0.717, 1.165) is 25.3 Å². The van der Waals surface area contributed by atoms with Crippen LogP contribution in [0.4, 0.5) is 0 Å². The lowest BCUT2D eigenvalue weighted by Gasteiger charge is -2.19. The Morgan fingerprint density at radius 3 is 2.95 bits per heavy atom. The molecule has 1 N–H and O–H groups in total. The van der Waals surface area contributed by atoms with Crippen LogP contribution in [0.2, 0.25) is 0 Å². The van der Waals surface area contributed by atoms with E-state index in [4.69, 9.17) is 9.47 Å². The Hall–Kier alpha value is -1.10. The van der Waals surface area contributed by atoms with Crippen molar-refractivity contribution in [1.82, 2.24) is 10.2 Å². The zero-order valence-electron chi connectivity index (χ0n) is 13.3. The minimum Gasteiger partial charge on any atom is -0.491 e. The van der Waals surface area contributed by atoms with Gasteiger partial charge in [-0.1, -0.05) is 12.1 Å². The van der Waals surface area contributed by atoms with Gasteiger partial charge in [0.25, 0.3) is 0 Å². The van der Waals surface area contributed by atoms with E-state index in [1.54, 1.807) is 0 Å². The van der Waals surface area contributed by atoms with Gasteiger partial charge in [-0.3, -0.25) is 0 Å². The summed E-state index contributed by atoms with van der Waals surface area (Å²) < 4.78 is 11.4. The van der Waals surface area contributed by atoms with Crippen molar-refractivity contribution in [2.24, 2.45) is 0 Å². The van der Waals surface area contributed by atoms with Crippen LogP contribution >= 0.6 is 0 Å². The minimum absolute atomic E-state index is 0.615. The second-order valence-electron chi connectivity index (χ2n) is 5.70. The summed E-state index contributed by atoms with van der Waals surface area (Å²) >= 11 is 0. The maximum absolute atomic E-state index is 5.72. The normalized spacial score (nSPS) is 19.0. The molecular weight excluding hydrogens is 264 g/mol. The Bertz CT molecular complexity index is 412. The molecule has 0 aliphatic carbocycles. The van der Waals surface area contributed by atoms with E-state index >= 15 is 0 Å². The number of hydrogen-bond donors (Lipinski definition) is 1. The van der Waals surface area contributed by atoms with Gasteiger partial charge in [0.2, 0.25) is 0 Å². The molecule has 1 aromatic rings. The lowest BCUT2D eigenvalue weighted by Crippen LogP contribution is -2.26. The number of benzene rings is 1. The van der Waals surface area contributed by atoms with Crippen LogP contribution in [0.1, 0.15) is 24.8 Å². The highest BCUT2D eigenvalue weighted by Crippen LogP contribution is 2.17. The average molecular weight is 292 g/mol. The second kappa shape index (κ2) is 9.03. The summed E-state index contributed by atoms with van der Waals surface area (Å²) in [4.78, 5) is 2.44. The Labute approximate surface area is 128 Å². The van der Waals surface area contributed by atoms with E-state index < -0.39 is 0 Å². The van der Waals surface area contributed by atoms with Crippen LogP contribution in [0.5, 0.6) is 5.75 Å². The van der Waals surface area contributed by atoms with Crippen LogP contribution < -0.4 is 10.1 Å². The van der Waals surface area contributed by atoms with Crippen molar-refractivity contribution in [2.45, 2.75) is 31.8 Å². The summed E-state index contributed by atoms with van der Waals surface area (Å²) in [6.07, 6.45) is 3.77. The number of nitrogens with one attached hydrogen (secondary N) is 1. The van der Waals surface area contributed by atoms with Crippen molar-refractivity contribution in [3.63, 3.8) is 0 Å². The van der Waals surface area contributed by atoms with Gasteiger partial charge in [-0.25, -0.2) is 0 Å². The predicted molar refractivity (Wildman–Crippen MR) is 85.8 cm³/mol. The molecule has 1 fully saturated rings. The first kappa shape index (κ1) is 16.3.